The minimum Gasteiger partial charge on any atom is -0.275 e. The number of nitrogens with zero attached hydrogens (tertiary/aromatic N) is 5. The summed E-state index contributed by atoms with van der Waals surface area (Å²) in [5, 5.41) is 15.3. The maximum Gasteiger partial charge on any atom is 0.313 e. The highest BCUT2D eigenvalue weighted by Gasteiger charge is 2.33. The summed E-state index contributed by atoms with van der Waals surface area (Å²) < 4.78 is 28.8. The van der Waals surface area contributed by atoms with Crippen LogP contribution < -0.4 is 0 Å². The molecule has 10 heteroatoms. The van der Waals surface area contributed by atoms with Crippen LogP contribution in [0.4, 0.5) is 5.69 Å². The Morgan fingerprint density at radius 3 is 2.79 bits per heavy atom. The Morgan fingerprint density at radius 2 is 2.14 bits per heavy atom. The van der Waals surface area contributed by atoms with Crippen molar-refractivity contribution in [3.05, 3.63) is 87.4 Å². The van der Waals surface area contributed by atoms with Crippen LogP contribution in [0.3, 0.4) is 0 Å². The number of rotatable bonds is 5. The van der Waals surface area contributed by atoms with E-state index in [2.05, 4.69) is 9.94 Å². The minimum atomic E-state index is -4.17. The van der Waals surface area contributed by atoms with Gasteiger partial charge in [-0.05, 0) is 17.0 Å². The minimum absolute atomic E-state index is 0.321. The fourth-order valence-electron chi connectivity index (χ4n) is 2.77. The van der Waals surface area contributed by atoms with Gasteiger partial charge in [0.2, 0.25) is 0 Å². The Morgan fingerprint density at radius 1 is 1.39 bits per heavy atom. The summed E-state index contributed by atoms with van der Waals surface area (Å²) in [5.74, 6) is 0. The van der Waals surface area contributed by atoms with Gasteiger partial charge < -0.3 is 0 Å². The number of allylic oxidation sites excluding steroid dienone is 3. The van der Waals surface area contributed by atoms with Crippen molar-refractivity contribution in [1.82, 2.24) is 14.1 Å². The summed E-state index contributed by atoms with van der Waals surface area (Å²) in [6.07, 6.45) is 9.67. The highest BCUT2D eigenvalue weighted by atomic mass is 32.2. The number of para-hydroxylation sites is 1. The first-order valence-corrected chi connectivity index (χ1v) is 9.53. The fraction of sp³-hybridized carbons (Fsp3) is 0.111. The molecule has 28 heavy (non-hydrogen) atoms. The molecule has 0 spiro atoms. The van der Waals surface area contributed by atoms with Gasteiger partial charge in [-0.3, -0.25) is 14.8 Å². The van der Waals surface area contributed by atoms with Crippen LogP contribution in [0.1, 0.15) is 12.0 Å². The number of aromatic nitrogens is 2. The normalized spacial score (nSPS) is 15.8. The molecule has 0 atom stereocenters. The lowest BCUT2D eigenvalue weighted by Crippen LogP contribution is -2.23. The summed E-state index contributed by atoms with van der Waals surface area (Å²) in [7, 11) is -2.43. The Balaban J connectivity index is 2.06. The first kappa shape index (κ1) is 19.1. The number of hydrogen-bond acceptors (Lipinski definition) is 5. The molecule has 9 nitrogen and oxygen atoms in total. The van der Waals surface area contributed by atoms with E-state index in [1.165, 1.54) is 30.6 Å². The molecule has 1 aromatic carbocycles. The third kappa shape index (κ3) is 3.56. The Kier molecular flexibility index (Phi) is 5.10. The Hall–Kier alpha value is -3.71. The molecule has 142 valence electrons. The van der Waals surface area contributed by atoms with Crippen molar-refractivity contribution in [3.63, 3.8) is 0 Å². The SMILES string of the molecule is C#[N+]/C=C(\C=C1/CC=CN1S(=O)(=O)c1ccccc1[N+](=O)[O-])c1cnn(C)c1. The molecule has 3 rings (SSSR count). The molecule has 0 saturated heterocycles. The van der Waals surface area contributed by atoms with Gasteiger partial charge in [-0.2, -0.15) is 5.10 Å². The van der Waals surface area contributed by atoms with Gasteiger partial charge in [0.15, 0.2) is 4.90 Å². The summed E-state index contributed by atoms with van der Waals surface area (Å²) in [4.78, 5) is 13.7. The molecule has 0 radical (unpaired) electrons. The van der Waals surface area contributed by atoms with Crippen LogP contribution in [0.25, 0.3) is 10.4 Å². The van der Waals surface area contributed by atoms with Gasteiger partial charge >= 0.3 is 6.20 Å². The van der Waals surface area contributed by atoms with E-state index in [0.717, 1.165) is 10.4 Å². The molecule has 0 fully saturated rings. The summed E-state index contributed by atoms with van der Waals surface area (Å²) >= 11 is 0. The van der Waals surface area contributed by atoms with Crippen LogP contribution in [0.5, 0.6) is 0 Å². The molecule has 2 heterocycles. The second kappa shape index (κ2) is 7.50. The molecule has 0 saturated carbocycles. The zero-order valence-corrected chi connectivity index (χ0v) is 15.7. The van der Waals surface area contributed by atoms with Gasteiger partial charge in [0.25, 0.3) is 22.3 Å². The summed E-state index contributed by atoms with van der Waals surface area (Å²) in [5.41, 5.74) is 1.16. The second-order valence-corrected chi connectivity index (χ2v) is 7.67. The molecule has 0 amide bonds. The molecular formula is C18H16N5O4S+. The largest absolute Gasteiger partial charge is 0.313 e. The van der Waals surface area contributed by atoms with Crippen molar-refractivity contribution in [2.45, 2.75) is 11.3 Å². The average molecular weight is 398 g/mol. The standard InChI is InChI=1S/C18H16N5O4S/c1-19-11-14(15-12-20-21(2)13-15)10-16-6-5-9-22(16)28(26,27)18-8-4-3-7-17(18)23(24)25/h1,3-5,7-13H,6H2,2H3/q+1/b14-11+,16-10+. The highest BCUT2D eigenvalue weighted by molar-refractivity contribution is 7.89. The summed E-state index contributed by atoms with van der Waals surface area (Å²) in [6, 6.07) is 5.23. The zero-order chi connectivity index (χ0) is 20.3. The molecule has 2 aromatic rings. The molecule has 1 aliphatic rings. The number of sulfonamides is 1. The van der Waals surface area contributed by atoms with Gasteiger partial charge in [0, 0.05) is 43.2 Å². The van der Waals surface area contributed by atoms with Crippen molar-refractivity contribution in [1.29, 1.82) is 0 Å². The van der Waals surface area contributed by atoms with Crippen molar-refractivity contribution in [2.75, 3.05) is 0 Å². The van der Waals surface area contributed by atoms with Crippen LogP contribution in [0.2, 0.25) is 0 Å². The highest BCUT2D eigenvalue weighted by Crippen LogP contribution is 2.33. The smallest absolute Gasteiger partial charge is 0.275 e. The van der Waals surface area contributed by atoms with Gasteiger partial charge in [0.1, 0.15) is 0 Å². The molecule has 0 bridgehead atoms. The number of nitro groups is 1. The van der Waals surface area contributed by atoms with E-state index in [0.29, 0.717) is 23.3 Å². The number of hydrogen-bond donors (Lipinski definition) is 0. The van der Waals surface area contributed by atoms with Gasteiger partial charge in [0.05, 0.1) is 16.7 Å². The van der Waals surface area contributed by atoms with Gasteiger partial charge in [-0.1, -0.05) is 18.2 Å². The van der Waals surface area contributed by atoms with Crippen LogP contribution >= 0.6 is 0 Å². The van der Waals surface area contributed by atoms with E-state index in [1.54, 1.807) is 36.3 Å². The maximum atomic E-state index is 13.1. The number of aryl methyl sites for hydroxylation is 1. The predicted molar refractivity (Wildman–Crippen MR) is 103 cm³/mol. The van der Waals surface area contributed by atoms with E-state index >= 15 is 0 Å². The topological polar surface area (TPSA) is 103 Å². The van der Waals surface area contributed by atoms with Crippen LogP contribution in [0, 0.1) is 16.7 Å². The second-order valence-electron chi connectivity index (χ2n) is 5.89. The predicted octanol–water partition coefficient (Wildman–Crippen LogP) is 3.12. The van der Waals surface area contributed by atoms with E-state index < -0.39 is 20.6 Å². The molecule has 0 N–H and O–H groups in total. The molecular weight excluding hydrogens is 382 g/mol. The van der Waals surface area contributed by atoms with Crippen molar-refractivity contribution in [2.24, 2.45) is 7.05 Å². The van der Waals surface area contributed by atoms with E-state index in [-0.39, 0.29) is 4.90 Å². The molecule has 0 aliphatic carbocycles. The van der Waals surface area contributed by atoms with E-state index in [4.69, 9.17) is 6.57 Å². The van der Waals surface area contributed by atoms with Crippen molar-refractivity contribution < 1.29 is 13.3 Å². The van der Waals surface area contributed by atoms with Crippen LogP contribution in [-0.4, -0.2) is 27.4 Å². The monoisotopic (exact) mass is 398 g/mol. The van der Waals surface area contributed by atoms with Gasteiger partial charge in [-0.25, -0.2) is 12.7 Å². The maximum absolute atomic E-state index is 13.1. The van der Waals surface area contributed by atoms with Crippen LogP contribution in [-0.2, 0) is 17.1 Å². The van der Waals surface area contributed by atoms with Crippen molar-refractivity contribution >= 4 is 21.3 Å². The first-order valence-electron chi connectivity index (χ1n) is 8.09. The Labute approximate surface area is 161 Å². The van der Waals surface area contributed by atoms with E-state index in [9.17, 15) is 18.5 Å². The molecule has 1 aliphatic heterocycles. The number of nitro benzene ring substituents is 1. The van der Waals surface area contributed by atoms with Crippen LogP contribution in [0.15, 0.2) is 71.8 Å². The third-order valence-corrected chi connectivity index (χ3v) is 5.80. The lowest BCUT2D eigenvalue weighted by Gasteiger charge is -2.18. The first-order chi connectivity index (χ1) is 13.3. The van der Waals surface area contributed by atoms with Gasteiger partial charge in [-0.15, -0.1) is 0 Å². The fourth-order valence-corrected chi connectivity index (χ4v) is 4.32. The summed E-state index contributed by atoms with van der Waals surface area (Å²) in [6.45, 7) is 5.28. The van der Waals surface area contributed by atoms with E-state index in [1.807, 2.05) is 0 Å². The lowest BCUT2D eigenvalue weighted by molar-refractivity contribution is -0.387. The lowest BCUT2D eigenvalue weighted by atomic mass is 10.1. The third-order valence-electron chi connectivity index (χ3n) is 4.02. The number of benzene rings is 1. The zero-order valence-electron chi connectivity index (χ0n) is 14.8. The molecule has 1 aromatic heterocycles. The molecule has 0 unspecified atom stereocenters. The average Bonchev–Trinajstić information content (AvgIpc) is 3.30. The quantitative estimate of drug-likeness (QED) is 0.569. The Bertz CT molecular complexity index is 1170. The van der Waals surface area contributed by atoms with Crippen molar-refractivity contribution in [3.8, 4) is 6.57 Å².